The molecule has 0 rings (SSSR count). The van der Waals surface area contributed by atoms with Gasteiger partial charge in [-0.2, -0.15) is 0 Å². The zero-order valence-electron chi connectivity index (χ0n) is 12.3. The summed E-state index contributed by atoms with van der Waals surface area (Å²) in [5, 5.41) is 0. The summed E-state index contributed by atoms with van der Waals surface area (Å²) < 4.78 is 5.27. The second-order valence-corrected chi connectivity index (χ2v) is 6.19. The SMILES string of the molecule is C=CCOC(=O)C(C)(CC(C)CC)C(C)(C)C. The number of rotatable bonds is 6. The highest BCUT2D eigenvalue weighted by atomic mass is 16.5. The Labute approximate surface area is 106 Å². The number of ether oxygens (including phenoxy) is 1. The van der Waals surface area contributed by atoms with E-state index >= 15 is 0 Å². The van der Waals surface area contributed by atoms with Crippen LogP contribution in [0, 0.1) is 16.7 Å². The Hall–Kier alpha value is -0.790. The molecule has 0 spiro atoms. The Balaban J connectivity index is 4.97. The van der Waals surface area contributed by atoms with Crippen molar-refractivity contribution in [2.24, 2.45) is 16.7 Å². The van der Waals surface area contributed by atoms with Crippen molar-refractivity contribution in [3.05, 3.63) is 12.7 Å². The van der Waals surface area contributed by atoms with Crippen LogP contribution in [0.25, 0.3) is 0 Å². The second-order valence-electron chi connectivity index (χ2n) is 6.19. The second kappa shape index (κ2) is 6.23. The van der Waals surface area contributed by atoms with Gasteiger partial charge in [0.15, 0.2) is 0 Å². The molecule has 0 aromatic carbocycles. The van der Waals surface area contributed by atoms with E-state index in [0.717, 1.165) is 12.8 Å². The van der Waals surface area contributed by atoms with E-state index in [-0.39, 0.29) is 11.4 Å². The smallest absolute Gasteiger partial charge is 0.312 e. The third-order valence-electron chi connectivity index (χ3n) is 3.89. The first-order valence-electron chi connectivity index (χ1n) is 6.47. The molecular formula is C15H28O2. The summed E-state index contributed by atoms with van der Waals surface area (Å²) in [5.74, 6) is 0.417. The van der Waals surface area contributed by atoms with Crippen molar-refractivity contribution in [3.8, 4) is 0 Å². The lowest BCUT2D eigenvalue weighted by Gasteiger charge is -2.41. The zero-order chi connectivity index (χ0) is 13.7. The molecule has 0 saturated heterocycles. The van der Waals surface area contributed by atoms with Crippen LogP contribution in [0.4, 0.5) is 0 Å². The normalized spacial score (nSPS) is 17.1. The summed E-state index contributed by atoms with van der Waals surface area (Å²) in [6.07, 6.45) is 3.56. The first-order chi connectivity index (χ1) is 7.69. The van der Waals surface area contributed by atoms with Gasteiger partial charge >= 0.3 is 5.97 Å². The van der Waals surface area contributed by atoms with Crippen molar-refractivity contribution in [2.75, 3.05) is 6.61 Å². The Morgan fingerprint density at radius 1 is 1.35 bits per heavy atom. The quantitative estimate of drug-likeness (QED) is 0.513. The molecule has 0 aromatic rings. The average molecular weight is 240 g/mol. The molecule has 0 N–H and O–H groups in total. The van der Waals surface area contributed by atoms with Crippen LogP contribution in [0.3, 0.4) is 0 Å². The minimum Gasteiger partial charge on any atom is -0.461 e. The third-order valence-corrected chi connectivity index (χ3v) is 3.89. The van der Waals surface area contributed by atoms with Gasteiger partial charge in [-0.1, -0.05) is 53.7 Å². The van der Waals surface area contributed by atoms with E-state index in [0.29, 0.717) is 12.5 Å². The molecule has 0 radical (unpaired) electrons. The molecule has 2 atom stereocenters. The standard InChI is InChI=1S/C15H28O2/c1-8-10-17-13(16)15(7,14(4,5)6)11-12(3)9-2/h8,12H,1,9-11H2,2-7H3. The highest BCUT2D eigenvalue weighted by Gasteiger charge is 2.45. The van der Waals surface area contributed by atoms with Crippen LogP contribution in [0.15, 0.2) is 12.7 Å². The number of carbonyl (C=O) groups excluding carboxylic acids is 1. The summed E-state index contributed by atoms with van der Waals surface area (Å²) in [5.41, 5.74) is -0.542. The predicted molar refractivity (Wildman–Crippen MR) is 72.8 cm³/mol. The predicted octanol–water partition coefficient (Wildman–Crippen LogP) is 4.20. The Morgan fingerprint density at radius 3 is 2.24 bits per heavy atom. The van der Waals surface area contributed by atoms with Crippen molar-refractivity contribution in [2.45, 2.75) is 54.4 Å². The summed E-state index contributed by atoms with van der Waals surface area (Å²) in [4.78, 5) is 12.3. The lowest BCUT2D eigenvalue weighted by atomic mass is 9.63. The largest absolute Gasteiger partial charge is 0.461 e. The molecule has 0 saturated carbocycles. The topological polar surface area (TPSA) is 26.3 Å². The Bertz CT molecular complexity index is 263. The monoisotopic (exact) mass is 240 g/mol. The summed E-state index contributed by atoms with van der Waals surface area (Å²) in [6.45, 7) is 16.5. The van der Waals surface area contributed by atoms with Gasteiger partial charge in [0.1, 0.15) is 6.61 Å². The van der Waals surface area contributed by atoms with Crippen LogP contribution < -0.4 is 0 Å². The van der Waals surface area contributed by atoms with Crippen molar-refractivity contribution < 1.29 is 9.53 Å². The average Bonchev–Trinajstić information content (AvgIpc) is 2.23. The fraction of sp³-hybridized carbons (Fsp3) is 0.800. The van der Waals surface area contributed by atoms with E-state index in [4.69, 9.17) is 4.74 Å². The molecule has 100 valence electrons. The first-order valence-corrected chi connectivity index (χ1v) is 6.47. The van der Waals surface area contributed by atoms with Gasteiger partial charge in [0.25, 0.3) is 0 Å². The van der Waals surface area contributed by atoms with Gasteiger partial charge in [-0.15, -0.1) is 0 Å². The van der Waals surface area contributed by atoms with E-state index in [1.165, 1.54) is 0 Å². The van der Waals surface area contributed by atoms with E-state index < -0.39 is 5.41 Å². The first kappa shape index (κ1) is 16.2. The molecule has 2 unspecified atom stereocenters. The van der Waals surface area contributed by atoms with Crippen molar-refractivity contribution >= 4 is 5.97 Å². The van der Waals surface area contributed by atoms with E-state index in [1.807, 2.05) is 6.92 Å². The van der Waals surface area contributed by atoms with Crippen LogP contribution >= 0.6 is 0 Å². The number of hydrogen-bond acceptors (Lipinski definition) is 2. The lowest BCUT2D eigenvalue weighted by Crippen LogP contribution is -2.43. The molecule has 0 bridgehead atoms. The van der Waals surface area contributed by atoms with Crippen LogP contribution in [-0.4, -0.2) is 12.6 Å². The molecular weight excluding hydrogens is 212 g/mol. The maximum Gasteiger partial charge on any atom is 0.312 e. The van der Waals surface area contributed by atoms with Crippen LogP contribution in [0.5, 0.6) is 0 Å². The Morgan fingerprint density at radius 2 is 1.88 bits per heavy atom. The van der Waals surface area contributed by atoms with Crippen molar-refractivity contribution in [1.82, 2.24) is 0 Å². The third kappa shape index (κ3) is 4.18. The minimum absolute atomic E-state index is 0.102. The van der Waals surface area contributed by atoms with Gasteiger partial charge in [0.05, 0.1) is 5.41 Å². The maximum absolute atomic E-state index is 12.3. The highest BCUT2D eigenvalue weighted by molar-refractivity contribution is 5.77. The van der Waals surface area contributed by atoms with Crippen molar-refractivity contribution in [1.29, 1.82) is 0 Å². The van der Waals surface area contributed by atoms with Gasteiger partial charge in [0.2, 0.25) is 0 Å². The lowest BCUT2D eigenvalue weighted by molar-refractivity contribution is -0.162. The molecule has 0 heterocycles. The molecule has 2 nitrogen and oxygen atoms in total. The summed E-state index contributed by atoms with van der Waals surface area (Å²) in [7, 11) is 0. The highest BCUT2D eigenvalue weighted by Crippen LogP contribution is 2.44. The van der Waals surface area contributed by atoms with Gasteiger partial charge in [0, 0.05) is 0 Å². The summed E-state index contributed by atoms with van der Waals surface area (Å²) >= 11 is 0. The fourth-order valence-corrected chi connectivity index (χ4v) is 1.83. The van der Waals surface area contributed by atoms with E-state index in [1.54, 1.807) is 6.08 Å². The number of esters is 1. The van der Waals surface area contributed by atoms with E-state index in [2.05, 4.69) is 41.2 Å². The molecule has 0 aliphatic carbocycles. The van der Waals surface area contributed by atoms with Gasteiger partial charge in [-0.05, 0) is 24.7 Å². The fourth-order valence-electron chi connectivity index (χ4n) is 1.83. The van der Waals surface area contributed by atoms with Crippen LogP contribution in [0.2, 0.25) is 0 Å². The van der Waals surface area contributed by atoms with Crippen LogP contribution in [-0.2, 0) is 9.53 Å². The maximum atomic E-state index is 12.3. The summed E-state index contributed by atoms with van der Waals surface area (Å²) in [6, 6.07) is 0. The molecule has 0 amide bonds. The van der Waals surface area contributed by atoms with E-state index in [9.17, 15) is 4.79 Å². The van der Waals surface area contributed by atoms with Crippen molar-refractivity contribution in [3.63, 3.8) is 0 Å². The zero-order valence-corrected chi connectivity index (χ0v) is 12.3. The number of hydrogen-bond donors (Lipinski definition) is 0. The number of carbonyl (C=O) groups is 1. The van der Waals surface area contributed by atoms with Gasteiger partial charge in [-0.3, -0.25) is 4.79 Å². The molecule has 2 heteroatoms. The molecule has 0 aliphatic heterocycles. The molecule has 0 fully saturated rings. The van der Waals surface area contributed by atoms with Gasteiger partial charge < -0.3 is 4.74 Å². The molecule has 17 heavy (non-hydrogen) atoms. The van der Waals surface area contributed by atoms with Crippen LogP contribution in [0.1, 0.15) is 54.4 Å². The minimum atomic E-state index is -0.439. The van der Waals surface area contributed by atoms with Gasteiger partial charge in [-0.25, -0.2) is 0 Å². The molecule has 0 aromatic heterocycles. The Kier molecular flexibility index (Phi) is 5.94. The molecule has 0 aliphatic rings.